The van der Waals surface area contributed by atoms with Crippen molar-refractivity contribution in [2.45, 2.75) is 43.1 Å². The van der Waals surface area contributed by atoms with E-state index in [9.17, 15) is 19.5 Å². The summed E-state index contributed by atoms with van der Waals surface area (Å²) in [5.41, 5.74) is 9.05. The van der Waals surface area contributed by atoms with Gasteiger partial charge in [0.2, 0.25) is 5.91 Å². The number of carbonyl (C=O) groups is 3. The lowest BCUT2D eigenvalue weighted by molar-refractivity contribution is -0.696. The molecule has 1 unspecified atom stereocenters. The van der Waals surface area contributed by atoms with Gasteiger partial charge in [-0.05, 0) is 18.9 Å². The molecule has 1 fully saturated rings. The second-order valence-corrected chi connectivity index (χ2v) is 12.0. The molecule has 15 nitrogen and oxygen atoms in total. The number of aromatic nitrogens is 2. The summed E-state index contributed by atoms with van der Waals surface area (Å²) >= 11 is 2.59. The maximum absolute atomic E-state index is 13.1. The summed E-state index contributed by atoms with van der Waals surface area (Å²) in [4.78, 5) is 48.4. The predicted octanol–water partition coefficient (Wildman–Crippen LogP) is -1.33. The molecule has 5 rings (SSSR count). The van der Waals surface area contributed by atoms with Crippen molar-refractivity contribution < 1.29 is 46.4 Å². The molecule has 41 heavy (non-hydrogen) atoms. The van der Waals surface area contributed by atoms with Gasteiger partial charge in [0.1, 0.15) is 24.4 Å². The van der Waals surface area contributed by atoms with Crippen molar-refractivity contribution in [1.29, 1.82) is 0 Å². The molecule has 0 saturated carbocycles. The smallest absolute Gasteiger partial charge is 0.394 e. The summed E-state index contributed by atoms with van der Waals surface area (Å²) in [5, 5.41) is 19.9. The van der Waals surface area contributed by atoms with Gasteiger partial charge in [0.25, 0.3) is 5.91 Å². The molecule has 2 aliphatic heterocycles. The van der Waals surface area contributed by atoms with Gasteiger partial charge in [0.15, 0.2) is 23.6 Å². The molecule has 2 aromatic rings. The van der Waals surface area contributed by atoms with E-state index >= 15 is 0 Å². The molecule has 2 amide bonds. The Balaban J connectivity index is 0.000000714. The molecular weight excluding hydrogens is 600 g/mol. The summed E-state index contributed by atoms with van der Waals surface area (Å²) in [6.45, 7) is 0.369. The fourth-order valence-corrected chi connectivity index (χ4v) is 6.78. The Bertz CT molecular complexity index is 1520. The van der Waals surface area contributed by atoms with Gasteiger partial charge in [-0.3, -0.25) is 23.6 Å². The van der Waals surface area contributed by atoms with Crippen molar-refractivity contribution in [3.8, 4) is 0 Å². The number of rotatable bonds is 8. The molecule has 0 spiro atoms. The van der Waals surface area contributed by atoms with Crippen LogP contribution in [0.5, 0.6) is 0 Å². The first-order chi connectivity index (χ1) is 19.4. The Kier molecular flexibility index (Phi) is 9.27. The average Bonchev–Trinajstić information content (AvgIpc) is 3.55. The number of thioether (sulfide) groups is 1. The third-order valence-electron chi connectivity index (χ3n) is 6.50. The average molecular weight is 627 g/mol. The van der Waals surface area contributed by atoms with Gasteiger partial charge in [-0.15, -0.1) is 23.1 Å². The van der Waals surface area contributed by atoms with E-state index in [2.05, 4.69) is 26.1 Å². The molecule has 0 aromatic carbocycles. The maximum atomic E-state index is 13.1. The number of β-lactam (4-membered cyclic amide) rings is 1. The highest BCUT2D eigenvalue weighted by atomic mass is 32.3. The number of amides is 2. The lowest BCUT2D eigenvalue weighted by atomic mass is 10.0. The molecule has 3 aliphatic rings. The van der Waals surface area contributed by atoms with Gasteiger partial charge in [-0.1, -0.05) is 5.16 Å². The number of fused-ring (bicyclic) bond motifs is 2. The Morgan fingerprint density at radius 1 is 1.41 bits per heavy atom. The highest BCUT2D eigenvalue weighted by Gasteiger charge is 2.53. The van der Waals surface area contributed by atoms with E-state index in [1.54, 1.807) is 5.38 Å². The Morgan fingerprint density at radius 3 is 2.78 bits per heavy atom. The van der Waals surface area contributed by atoms with Crippen LogP contribution in [-0.4, -0.2) is 75.7 Å². The largest absolute Gasteiger partial charge is 0.543 e. The number of hydrogen-bond acceptors (Lipinski definition) is 12. The Morgan fingerprint density at radius 2 is 2.15 bits per heavy atom. The van der Waals surface area contributed by atoms with Gasteiger partial charge < -0.3 is 25.8 Å². The zero-order chi connectivity index (χ0) is 29.9. The molecule has 1 aliphatic carbocycles. The van der Waals surface area contributed by atoms with E-state index in [1.807, 2.05) is 12.3 Å². The van der Waals surface area contributed by atoms with E-state index < -0.39 is 45.5 Å². The number of hydrogen-bond donors (Lipinski definition) is 4. The minimum atomic E-state index is -4.67. The lowest BCUT2D eigenvalue weighted by Gasteiger charge is -2.50. The number of carboxylic acids is 1. The summed E-state index contributed by atoms with van der Waals surface area (Å²) in [7, 11) is -3.32. The van der Waals surface area contributed by atoms with E-state index in [0.29, 0.717) is 28.7 Å². The number of nitrogens with zero attached hydrogens (tertiary/aromatic N) is 4. The summed E-state index contributed by atoms with van der Waals surface area (Å²) in [6, 6.07) is 3.17. The van der Waals surface area contributed by atoms with Gasteiger partial charge in [-0.2, -0.15) is 13.0 Å². The van der Waals surface area contributed by atoms with Crippen molar-refractivity contribution >= 4 is 62.6 Å². The topological polar surface area (TPSA) is 229 Å². The lowest BCUT2D eigenvalue weighted by Crippen LogP contribution is -2.71. The third kappa shape index (κ3) is 7.02. The highest BCUT2D eigenvalue weighted by Crippen LogP contribution is 2.40. The van der Waals surface area contributed by atoms with E-state index in [0.717, 1.165) is 19.3 Å². The summed E-state index contributed by atoms with van der Waals surface area (Å²) < 4.78 is 33.6. The van der Waals surface area contributed by atoms with Gasteiger partial charge >= 0.3 is 10.4 Å². The first-order valence-corrected chi connectivity index (χ1v) is 15.4. The van der Waals surface area contributed by atoms with Crippen molar-refractivity contribution in [3.63, 3.8) is 0 Å². The third-order valence-corrected chi connectivity index (χ3v) is 8.53. The van der Waals surface area contributed by atoms with Crippen molar-refractivity contribution in [3.05, 3.63) is 51.9 Å². The maximum Gasteiger partial charge on any atom is 0.394 e. The Hall–Kier alpha value is -3.58. The van der Waals surface area contributed by atoms with Gasteiger partial charge in [-0.25, -0.2) is 4.98 Å². The van der Waals surface area contributed by atoms with Crippen LogP contribution in [0, 0.1) is 0 Å². The quantitative estimate of drug-likeness (QED) is 0.0878. The molecular formula is C23H26N6O9S3. The van der Waals surface area contributed by atoms with Crippen LogP contribution in [-0.2, 0) is 49.0 Å². The van der Waals surface area contributed by atoms with Crippen LogP contribution in [0.2, 0.25) is 0 Å². The molecule has 3 atom stereocenters. The van der Waals surface area contributed by atoms with Crippen LogP contribution in [0.15, 0.2) is 40.1 Å². The predicted molar refractivity (Wildman–Crippen MR) is 145 cm³/mol. The fraction of sp³-hybridized carbons (Fsp3) is 0.391. The van der Waals surface area contributed by atoms with E-state index in [-0.39, 0.29) is 5.70 Å². The molecule has 4 heterocycles. The molecule has 0 radical (unpaired) electrons. The molecule has 18 heteroatoms. The summed E-state index contributed by atoms with van der Waals surface area (Å²) in [5.74, 6) is -2.93. The zero-order valence-electron chi connectivity index (χ0n) is 21.5. The standard InChI is InChI=1S/C23H24N6O5S2.H2O4S/c1-34-25-8-14(15-11-36-23(24)26-15)19(30)27-17-20(31)29-18(22(32)33)13(10-35-21(17)29)9-28-7-3-5-12-4-2-6-16(12)28;1-5(2,3)4/h3,5,7-8,11,14,17,21H,2,4,6,9-10H2,1H3,(H3-,24,26,27,30,32,33);(H2,1,2,3,4)/b25-8-;/t14?,17-,21-;/m1./s1. The molecule has 1 saturated heterocycles. The normalized spacial score (nSPS) is 20.5. The molecule has 5 N–H and O–H groups in total. The number of pyridine rings is 1. The zero-order valence-corrected chi connectivity index (χ0v) is 23.9. The number of nitrogen functional groups attached to an aromatic ring is 1. The number of aryl methyl sites for hydroxylation is 1. The van der Waals surface area contributed by atoms with Crippen LogP contribution in [0.4, 0.5) is 5.13 Å². The van der Waals surface area contributed by atoms with Crippen LogP contribution in [0.25, 0.3) is 0 Å². The Labute approximate surface area is 242 Å². The number of anilines is 1. The minimum Gasteiger partial charge on any atom is -0.543 e. The van der Waals surface area contributed by atoms with Gasteiger partial charge in [0.05, 0.1) is 23.6 Å². The SMILES string of the molecule is CO/N=C\C(C(=O)N[C@@H]1C(=O)N2C(C(=O)[O-])=C(C[n+]3cccc4c3CCC4)CS[C@H]12)c1csc(N)n1.O=S(=O)(O)O. The highest BCUT2D eigenvalue weighted by molar-refractivity contribution is 8.00. The van der Waals surface area contributed by atoms with E-state index in [1.165, 1.54) is 52.6 Å². The molecule has 2 aromatic heterocycles. The van der Waals surface area contributed by atoms with Crippen LogP contribution in [0.3, 0.4) is 0 Å². The van der Waals surface area contributed by atoms with Crippen molar-refractivity contribution in [1.82, 2.24) is 15.2 Å². The van der Waals surface area contributed by atoms with Crippen molar-refractivity contribution in [2.24, 2.45) is 5.16 Å². The summed E-state index contributed by atoms with van der Waals surface area (Å²) in [6.07, 6.45) is 6.23. The number of nitrogens with two attached hydrogens (primary N) is 1. The first kappa shape index (κ1) is 30.4. The number of nitrogens with one attached hydrogen (secondary N) is 1. The second kappa shape index (κ2) is 12.5. The van der Waals surface area contributed by atoms with Crippen molar-refractivity contribution in [2.75, 3.05) is 18.6 Å². The van der Waals surface area contributed by atoms with Gasteiger partial charge in [0, 0.05) is 34.8 Å². The van der Waals surface area contributed by atoms with Crippen LogP contribution >= 0.6 is 23.1 Å². The number of oxime groups is 1. The number of aliphatic carboxylic acids is 1. The number of carbonyl (C=O) groups excluding carboxylic acids is 3. The van der Waals surface area contributed by atoms with E-state index in [4.69, 9.17) is 28.1 Å². The van der Waals surface area contributed by atoms with Crippen LogP contribution in [0.1, 0.15) is 29.3 Å². The molecule has 0 bridgehead atoms. The fourth-order valence-electron chi connectivity index (χ4n) is 4.85. The van der Waals surface area contributed by atoms with Crippen LogP contribution < -0.4 is 20.7 Å². The number of carboxylic acid groups (broad SMARTS) is 1. The molecule has 220 valence electrons. The second-order valence-electron chi connectivity index (χ2n) is 9.07. The monoisotopic (exact) mass is 626 g/mol. The number of thiazole rings is 1. The first-order valence-electron chi connectivity index (χ1n) is 12.0. The minimum absolute atomic E-state index is 0.109.